The Labute approximate surface area is 122 Å². The summed E-state index contributed by atoms with van der Waals surface area (Å²) >= 11 is 14.9. The Morgan fingerprint density at radius 3 is 2.72 bits per heavy atom. The Morgan fingerprint density at radius 2 is 2.00 bits per heavy atom. The first-order valence-corrected chi connectivity index (χ1v) is 6.50. The van der Waals surface area contributed by atoms with Crippen LogP contribution >= 0.6 is 39.1 Å². The molecule has 1 aromatic heterocycles. The van der Waals surface area contributed by atoms with E-state index in [1.807, 2.05) is 12.1 Å². The number of nitrogens with zero attached hydrogens (tertiary/aromatic N) is 1. The number of hydrogen-bond donors (Lipinski definition) is 1. The highest BCUT2D eigenvalue weighted by molar-refractivity contribution is 9.10. The lowest BCUT2D eigenvalue weighted by atomic mass is 10.3. The highest BCUT2D eigenvalue weighted by Crippen LogP contribution is 2.20. The summed E-state index contributed by atoms with van der Waals surface area (Å²) in [5.41, 5.74) is 0.747. The van der Waals surface area contributed by atoms with Gasteiger partial charge in [0.15, 0.2) is 0 Å². The zero-order chi connectivity index (χ0) is 13.1. The molecule has 0 fully saturated rings. The summed E-state index contributed by atoms with van der Waals surface area (Å²) in [5, 5.41) is 3.17. The van der Waals surface area contributed by atoms with Gasteiger partial charge in [0.2, 0.25) is 0 Å². The Hall–Kier alpha value is -1.10. The predicted octanol–water partition coefficient (Wildman–Crippen LogP) is 4.40. The average Bonchev–Trinajstić information content (AvgIpc) is 2.32. The smallest absolute Gasteiger partial charge is 0.275 e. The maximum atomic E-state index is 12.0. The molecule has 92 valence electrons. The van der Waals surface area contributed by atoms with Gasteiger partial charge in [-0.1, -0.05) is 45.2 Å². The highest BCUT2D eigenvalue weighted by Gasteiger charge is 2.13. The molecule has 1 N–H and O–H groups in total. The van der Waals surface area contributed by atoms with Gasteiger partial charge in [-0.3, -0.25) is 4.79 Å². The van der Waals surface area contributed by atoms with Crippen LogP contribution < -0.4 is 5.32 Å². The number of halogens is 3. The van der Waals surface area contributed by atoms with E-state index in [1.165, 1.54) is 12.1 Å². The van der Waals surface area contributed by atoms with Gasteiger partial charge in [-0.15, -0.1) is 0 Å². The molecule has 0 aliphatic heterocycles. The molecule has 0 atom stereocenters. The van der Waals surface area contributed by atoms with Crippen molar-refractivity contribution in [2.45, 2.75) is 0 Å². The van der Waals surface area contributed by atoms with E-state index < -0.39 is 5.91 Å². The second-order valence-corrected chi connectivity index (χ2v) is 5.14. The first-order chi connectivity index (χ1) is 8.56. The molecule has 1 aromatic carbocycles. The van der Waals surface area contributed by atoms with E-state index in [9.17, 15) is 4.79 Å². The van der Waals surface area contributed by atoms with Gasteiger partial charge in [0.05, 0.1) is 5.02 Å². The number of nitrogens with one attached hydrogen (secondary N) is 1. The number of benzene rings is 1. The minimum Gasteiger partial charge on any atom is -0.321 e. The lowest BCUT2D eigenvalue weighted by molar-refractivity contribution is 0.102. The SMILES string of the molecule is O=C(Nc1cccc(Br)c1)c1nc(Cl)ccc1Cl. The summed E-state index contributed by atoms with van der Waals surface area (Å²) in [6.07, 6.45) is 0. The number of aromatic nitrogens is 1. The minimum atomic E-state index is -0.402. The number of rotatable bonds is 2. The molecule has 18 heavy (non-hydrogen) atoms. The molecule has 0 unspecified atom stereocenters. The Balaban J connectivity index is 2.24. The van der Waals surface area contributed by atoms with Crippen LogP contribution in [-0.2, 0) is 0 Å². The molecular weight excluding hydrogens is 339 g/mol. The van der Waals surface area contributed by atoms with Crippen molar-refractivity contribution in [2.75, 3.05) is 5.32 Å². The summed E-state index contributed by atoms with van der Waals surface area (Å²) in [7, 11) is 0. The molecule has 0 saturated heterocycles. The lowest BCUT2D eigenvalue weighted by Crippen LogP contribution is -2.14. The molecule has 0 aliphatic rings. The van der Waals surface area contributed by atoms with Gasteiger partial charge < -0.3 is 5.32 Å². The third-order valence-corrected chi connectivity index (χ3v) is 3.12. The first kappa shape index (κ1) is 13.3. The fourth-order valence-corrected chi connectivity index (χ4v) is 2.07. The van der Waals surface area contributed by atoms with Crippen LogP contribution in [0.15, 0.2) is 40.9 Å². The van der Waals surface area contributed by atoms with Gasteiger partial charge in [-0.25, -0.2) is 4.98 Å². The lowest BCUT2D eigenvalue weighted by Gasteiger charge is -2.06. The van der Waals surface area contributed by atoms with Crippen LogP contribution in [0, 0.1) is 0 Å². The molecule has 0 saturated carbocycles. The maximum Gasteiger partial charge on any atom is 0.275 e. The van der Waals surface area contributed by atoms with Gasteiger partial charge >= 0.3 is 0 Å². The number of pyridine rings is 1. The number of carbonyl (C=O) groups excluding carboxylic acids is 1. The molecule has 0 aliphatic carbocycles. The van der Waals surface area contributed by atoms with E-state index in [0.29, 0.717) is 5.69 Å². The Morgan fingerprint density at radius 1 is 1.22 bits per heavy atom. The zero-order valence-electron chi connectivity index (χ0n) is 8.95. The van der Waals surface area contributed by atoms with Crippen molar-refractivity contribution in [1.82, 2.24) is 4.98 Å². The number of hydrogen-bond acceptors (Lipinski definition) is 2. The predicted molar refractivity (Wildman–Crippen MR) is 76.4 cm³/mol. The van der Waals surface area contributed by atoms with Crippen LogP contribution in [-0.4, -0.2) is 10.9 Å². The van der Waals surface area contributed by atoms with E-state index >= 15 is 0 Å². The van der Waals surface area contributed by atoms with Crippen molar-refractivity contribution in [1.29, 1.82) is 0 Å². The largest absolute Gasteiger partial charge is 0.321 e. The standard InChI is InChI=1S/C12H7BrCl2N2O/c13-7-2-1-3-8(6-7)16-12(18)11-9(14)4-5-10(15)17-11/h1-6H,(H,16,18). The van der Waals surface area contributed by atoms with E-state index in [4.69, 9.17) is 23.2 Å². The van der Waals surface area contributed by atoms with Crippen molar-refractivity contribution in [3.8, 4) is 0 Å². The van der Waals surface area contributed by atoms with Gasteiger partial charge in [0.1, 0.15) is 10.8 Å². The summed E-state index contributed by atoms with van der Waals surface area (Å²) in [5.74, 6) is -0.402. The number of amides is 1. The summed E-state index contributed by atoms with van der Waals surface area (Å²) in [4.78, 5) is 15.9. The summed E-state index contributed by atoms with van der Waals surface area (Å²) < 4.78 is 0.866. The third-order valence-electron chi connectivity index (χ3n) is 2.11. The summed E-state index contributed by atoms with van der Waals surface area (Å²) in [6, 6.07) is 10.3. The molecule has 0 spiro atoms. The molecule has 1 heterocycles. The average molecular weight is 346 g/mol. The molecule has 0 bridgehead atoms. The van der Waals surface area contributed by atoms with Crippen molar-refractivity contribution < 1.29 is 4.79 Å². The normalized spacial score (nSPS) is 10.2. The van der Waals surface area contributed by atoms with Gasteiger partial charge in [-0.05, 0) is 30.3 Å². The second-order valence-electron chi connectivity index (χ2n) is 3.43. The minimum absolute atomic E-state index is 0.101. The molecule has 2 aromatic rings. The number of anilines is 1. The van der Waals surface area contributed by atoms with Crippen LogP contribution in [0.5, 0.6) is 0 Å². The quantitative estimate of drug-likeness (QED) is 0.819. The first-order valence-electron chi connectivity index (χ1n) is 4.95. The molecule has 3 nitrogen and oxygen atoms in total. The van der Waals surface area contributed by atoms with Gasteiger partial charge in [0.25, 0.3) is 5.91 Å². The van der Waals surface area contributed by atoms with E-state index in [2.05, 4.69) is 26.2 Å². The van der Waals surface area contributed by atoms with E-state index in [1.54, 1.807) is 12.1 Å². The van der Waals surface area contributed by atoms with Crippen molar-refractivity contribution >= 4 is 50.7 Å². The molecular formula is C12H7BrCl2N2O. The summed E-state index contributed by atoms with van der Waals surface area (Å²) in [6.45, 7) is 0. The van der Waals surface area contributed by atoms with Gasteiger partial charge in [0, 0.05) is 10.2 Å². The fraction of sp³-hybridized carbons (Fsp3) is 0. The zero-order valence-corrected chi connectivity index (χ0v) is 12.1. The van der Waals surface area contributed by atoms with Crippen molar-refractivity contribution in [2.24, 2.45) is 0 Å². The molecule has 1 amide bonds. The monoisotopic (exact) mass is 344 g/mol. The van der Waals surface area contributed by atoms with Crippen LogP contribution in [0.4, 0.5) is 5.69 Å². The second kappa shape index (κ2) is 5.69. The van der Waals surface area contributed by atoms with Crippen molar-refractivity contribution in [3.05, 3.63) is 56.7 Å². The Kier molecular flexibility index (Phi) is 4.22. The van der Waals surface area contributed by atoms with E-state index in [-0.39, 0.29) is 15.9 Å². The van der Waals surface area contributed by atoms with Gasteiger partial charge in [-0.2, -0.15) is 0 Å². The Bertz CT molecular complexity index is 604. The fourth-order valence-electron chi connectivity index (χ4n) is 1.33. The van der Waals surface area contributed by atoms with E-state index in [0.717, 1.165) is 4.47 Å². The third kappa shape index (κ3) is 3.22. The van der Waals surface area contributed by atoms with Crippen LogP contribution in [0.25, 0.3) is 0 Å². The maximum absolute atomic E-state index is 12.0. The molecule has 2 rings (SSSR count). The van der Waals surface area contributed by atoms with Crippen LogP contribution in [0.1, 0.15) is 10.5 Å². The van der Waals surface area contributed by atoms with Crippen LogP contribution in [0.3, 0.4) is 0 Å². The molecule has 0 radical (unpaired) electrons. The van der Waals surface area contributed by atoms with Crippen LogP contribution in [0.2, 0.25) is 10.2 Å². The molecule has 6 heteroatoms. The topological polar surface area (TPSA) is 42.0 Å². The highest BCUT2D eigenvalue weighted by atomic mass is 79.9. The number of carbonyl (C=O) groups is 1. The van der Waals surface area contributed by atoms with Crippen molar-refractivity contribution in [3.63, 3.8) is 0 Å².